The van der Waals surface area contributed by atoms with Crippen LogP contribution in [0.5, 0.6) is 0 Å². The van der Waals surface area contributed by atoms with Gasteiger partial charge in [-0.15, -0.1) is 0 Å². The van der Waals surface area contributed by atoms with Crippen LogP contribution in [0.4, 0.5) is 11.4 Å². The average Bonchev–Trinajstić information content (AvgIpc) is 2.56. The second-order valence-electron chi connectivity index (χ2n) is 5.90. The van der Waals surface area contributed by atoms with Crippen molar-refractivity contribution in [3.8, 4) is 0 Å². The number of carbonyl (C=O) groups excluding carboxylic acids is 1. The summed E-state index contributed by atoms with van der Waals surface area (Å²) in [5.41, 5.74) is 1.67. The van der Waals surface area contributed by atoms with Gasteiger partial charge in [-0.1, -0.05) is 53.9 Å². The number of amides is 1. The van der Waals surface area contributed by atoms with Crippen molar-refractivity contribution in [3.05, 3.63) is 58.1 Å². The molecule has 2 aromatic rings. The summed E-state index contributed by atoms with van der Waals surface area (Å²) in [6.07, 6.45) is 1.35. The highest BCUT2D eigenvalue weighted by atomic mass is 35.5. The Bertz CT molecular complexity index is 879. The van der Waals surface area contributed by atoms with Gasteiger partial charge in [-0.05, 0) is 37.6 Å². The third-order valence-electron chi connectivity index (χ3n) is 3.83. The van der Waals surface area contributed by atoms with Crippen LogP contribution < -0.4 is 9.62 Å². The lowest BCUT2D eigenvalue weighted by atomic mass is 10.1. The zero-order valence-electron chi connectivity index (χ0n) is 14.7. The van der Waals surface area contributed by atoms with Crippen LogP contribution in [0.25, 0.3) is 0 Å². The van der Waals surface area contributed by atoms with Crippen LogP contribution in [0, 0.1) is 6.92 Å². The van der Waals surface area contributed by atoms with Crippen LogP contribution >= 0.6 is 23.2 Å². The molecule has 2 rings (SSSR count). The summed E-state index contributed by atoms with van der Waals surface area (Å²) in [6.45, 7) is 3.64. The monoisotopic (exact) mass is 414 g/mol. The predicted molar refractivity (Wildman–Crippen MR) is 108 cm³/mol. The minimum Gasteiger partial charge on any atom is -0.322 e. The first-order valence-electron chi connectivity index (χ1n) is 7.96. The molecule has 0 spiro atoms. The van der Waals surface area contributed by atoms with Crippen LogP contribution in [0.2, 0.25) is 10.0 Å². The van der Waals surface area contributed by atoms with Gasteiger partial charge in [0.15, 0.2) is 0 Å². The van der Waals surface area contributed by atoms with E-state index in [9.17, 15) is 13.2 Å². The van der Waals surface area contributed by atoms with Crippen LogP contribution in [0.15, 0.2) is 42.5 Å². The van der Waals surface area contributed by atoms with Crippen LogP contribution in [0.1, 0.15) is 18.9 Å². The third-order valence-corrected chi connectivity index (χ3v) is 5.64. The van der Waals surface area contributed by atoms with Crippen molar-refractivity contribution in [1.82, 2.24) is 0 Å². The largest absolute Gasteiger partial charge is 0.322 e. The number of aryl methyl sites for hydroxylation is 1. The smallest absolute Gasteiger partial charge is 0.248 e. The first-order valence-corrected chi connectivity index (χ1v) is 10.6. The second-order valence-corrected chi connectivity index (χ2v) is 8.58. The van der Waals surface area contributed by atoms with Gasteiger partial charge in [0, 0.05) is 0 Å². The number of sulfonamides is 1. The van der Waals surface area contributed by atoms with Gasteiger partial charge >= 0.3 is 0 Å². The van der Waals surface area contributed by atoms with Crippen LogP contribution in [0.3, 0.4) is 0 Å². The second kappa shape index (κ2) is 8.29. The molecular weight excluding hydrogens is 395 g/mol. The quantitative estimate of drug-likeness (QED) is 0.756. The van der Waals surface area contributed by atoms with Crippen molar-refractivity contribution in [2.45, 2.75) is 26.3 Å². The maximum Gasteiger partial charge on any atom is 0.248 e. The number of nitrogens with one attached hydrogen (secondary N) is 1. The van der Waals surface area contributed by atoms with E-state index in [1.54, 1.807) is 49.4 Å². The zero-order chi connectivity index (χ0) is 19.5. The van der Waals surface area contributed by atoms with Crippen LogP contribution in [-0.2, 0) is 14.8 Å². The van der Waals surface area contributed by atoms with E-state index in [0.717, 1.165) is 16.1 Å². The summed E-state index contributed by atoms with van der Waals surface area (Å²) >= 11 is 12.2. The third kappa shape index (κ3) is 4.69. The lowest BCUT2D eigenvalue weighted by Gasteiger charge is -2.30. The van der Waals surface area contributed by atoms with Gasteiger partial charge in [0.1, 0.15) is 6.04 Å². The molecule has 0 saturated heterocycles. The van der Waals surface area contributed by atoms with E-state index in [-0.39, 0.29) is 22.2 Å². The number of hydrogen-bond acceptors (Lipinski definition) is 3. The molecule has 0 fully saturated rings. The Labute approximate surface area is 164 Å². The molecule has 0 aliphatic heterocycles. The molecule has 0 aliphatic carbocycles. The zero-order valence-corrected chi connectivity index (χ0v) is 17.0. The first-order chi connectivity index (χ1) is 12.1. The van der Waals surface area contributed by atoms with Gasteiger partial charge in [-0.25, -0.2) is 8.42 Å². The Morgan fingerprint density at radius 1 is 1.12 bits per heavy atom. The summed E-state index contributed by atoms with van der Waals surface area (Å²) in [5.74, 6) is -0.506. The van der Waals surface area contributed by atoms with E-state index in [0.29, 0.717) is 5.69 Å². The molecule has 0 bridgehead atoms. The van der Waals surface area contributed by atoms with Crippen molar-refractivity contribution in [2.75, 3.05) is 15.9 Å². The van der Waals surface area contributed by atoms with Crippen LogP contribution in [-0.4, -0.2) is 26.6 Å². The molecule has 0 heterocycles. The normalized spacial score (nSPS) is 12.5. The SMILES string of the molecule is CC[C@@H](C(=O)Nc1c(Cl)cccc1Cl)N(c1ccc(C)cc1)S(C)(=O)=O. The van der Waals surface area contributed by atoms with E-state index in [2.05, 4.69) is 5.32 Å². The van der Waals surface area contributed by atoms with Gasteiger partial charge in [0.25, 0.3) is 0 Å². The van der Waals surface area contributed by atoms with Crippen molar-refractivity contribution in [3.63, 3.8) is 0 Å². The van der Waals surface area contributed by atoms with Crippen molar-refractivity contribution >= 4 is 50.5 Å². The number of hydrogen-bond donors (Lipinski definition) is 1. The molecule has 5 nitrogen and oxygen atoms in total. The number of anilines is 2. The van der Waals surface area contributed by atoms with E-state index in [4.69, 9.17) is 23.2 Å². The average molecular weight is 415 g/mol. The molecule has 0 aromatic heterocycles. The van der Waals surface area contributed by atoms with Crippen molar-refractivity contribution < 1.29 is 13.2 Å². The molecule has 1 amide bonds. The predicted octanol–water partition coefficient (Wildman–Crippen LogP) is 4.49. The molecule has 0 radical (unpaired) electrons. The number of nitrogens with zero attached hydrogens (tertiary/aromatic N) is 1. The number of benzene rings is 2. The summed E-state index contributed by atoms with van der Waals surface area (Å²) < 4.78 is 25.9. The molecule has 1 atom stereocenters. The Morgan fingerprint density at radius 3 is 2.12 bits per heavy atom. The highest BCUT2D eigenvalue weighted by Gasteiger charge is 2.32. The van der Waals surface area contributed by atoms with Gasteiger partial charge in [0.2, 0.25) is 15.9 Å². The van der Waals surface area contributed by atoms with Gasteiger partial charge in [0.05, 0.1) is 27.7 Å². The first kappa shape index (κ1) is 20.6. The highest BCUT2D eigenvalue weighted by molar-refractivity contribution is 7.92. The number of rotatable bonds is 6. The Hall–Kier alpha value is -1.76. The summed E-state index contributed by atoms with van der Waals surface area (Å²) in [5, 5.41) is 3.21. The fourth-order valence-electron chi connectivity index (χ4n) is 2.58. The number of para-hydroxylation sites is 1. The Morgan fingerprint density at radius 2 is 1.65 bits per heavy atom. The molecule has 8 heteroatoms. The van der Waals surface area contributed by atoms with Crippen molar-refractivity contribution in [1.29, 1.82) is 0 Å². The molecule has 1 N–H and O–H groups in total. The molecule has 0 saturated carbocycles. The Balaban J connectivity index is 2.41. The van der Waals surface area contributed by atoms with Gasteiger partial charge < -0.3 is 5.32 Å². The maximum absolute atomic E-state index is 12.8. The highest BCUT2D eigenvalue weighted by Crippen LogP contribution is 2.31. The number of carbonyl (C=O) groups is 1. The van der Waals surface area contributed by atoms with Crippen molar-refractivity contribution in [2.24, 2.45) is 0 Å². The fourth-order valence-corrected chi connectivity index (χ4v) is 4.28. The van der Waals surface area contributed by atoms with E-state index >= 15 is 0 Å². The molecule has 2 aromatic carbocycles. The number of halogens is 2. The molecule has 26 heavy (non-hydrogen) atoms. The standard InChI is InChI=1S/C18H20Cl2N2O3S/c1-4-16(18(23)21-17-14(19)6-5-7-15(17)20)22(26(3,24)25)13-10-8-12(2)9-11-13/h5-11,16H,4H2,1-3H3,(H,21,23)/t16-/m0/s1. The summed E-state index contributed by atoms with van der Waals surface area (Å²) in [7, 11) is -3.69. The lowest BCUT2D eigenvalue weighted by molar-refractivity contribution is -0.117. The summed E-state index contributed by atoms with van der Waals surface area (Å²) in [4.78, 5) is 12.8. The minimum atomic E-state index is -3.69. The fraction of sp³-hybridized carbons (Fsp3) is 0.278. The molecule has 140 valence electrons. The summed E-state index contributed by atoms with van der Waals surface area (Å²) in [6, 6.07) is 10.8. The topological polar surface area (TPSA) is 66.5 Å². The molecule has 0 unspecified atom stereocenters. The van der Waals surface area contributed by atoms with E-state index in [1.165, 1.54) is 0 Å². The van der Waals surface area contributed by atoms with E-state index < -0.39 is 22.0 Å². The molecule has 0 aliphatic rings. The molecular formula is C18H20Cl2N2O3S. The van der Waals surface area contributed by atoms with E-state index in [1.807, 2.05) is 6.92 Å². The Kier molecular flexibility index (Phi) is 6.55. The van der Waals surface area contributed by atoms with Gasteiger partial charge in [-0.2, -0.15) is 0 Å². The lowest BCUT2D eigenvalue weighted by Crippen LogP contribution is -2.47. The maximum atomic E-state index is 12.8. The minimum absolute atomic E-state index is 0.261. The van der Waals surface area contributed by atoms with Gasteiger partial charge in [-0.3, -0.25) is 9.10 Å².